The smallest absolute Gasteiger partial charge is 0.152 e. The fraction of sp³-hybridized carbons (Fsp3) is 0. The lowest BCUT2D eigenvalue weighted by molar-refractivity contribution is 0.484. The Labute approximate surface area is 84.0 Å². The first-order valence-corrected chi connectivity index (χ1v) is 4.92. The molecule has 0 bridgehead atoms. The monoisotopic (exact) mass is 216 g/mol. The predicted octanol–water partition coefficient (Wildman–Crippen LogP) is 3.55. The van der Waals surface area contributed by atoms with Crippen LogP contribution in [0.2, 0.25) is 4.34 Å². The van der Waals surface area contributed by atoms with Gasteiger partial charge in [-0.2, -0.15) is 0 Å². The Morgan fingerprint density at radius 2 is 2.17 bits per heavy atom. The minimum atomic E-state index is 0.160. The van der Waals surface area contributed by atoms with Crippen molar-refractivity contribution in [2.75, 3.05) is 0 Å². The van der Waals surface area contributed by atoms with Gasteiger partial charge in [0, 0.05) is 15.0 Å². The molecular weight excluding hydrogens is 212 g/mol. The highest BCUT2D eigenvalue weighted by Gasteiger charge is 2.08. The Bertz CT molecular complexity index is 436. The molecule has 1 heterocycles. The van der Waals surface area contributed by atoms with Crippen molar-refractivity contribution in [3.05, 3.63) is 22.5 Å². The van der Waals surface area contributed by atoms with Gasteiger partial charge in [-0.15, -0.1) is 24.0 Å². The number of fused-ring (bicyclic) bond motifs is 1. The zero-order chi connectivity index (χ0) is 8.72. The summed E-state index contributed by atoms with van der Waals surface area (Å²) in [5.41, 5.74) is 0. The summed E-state index contributed by atoms with van der Waals surface area (Å²) in [4.78, 5) is 0.826. The summed E-state index contributed by atoms with van der Waals surface area (Å²) in [5, 5.41) is 10.2. The molecule has 12 heavy (non-hydrogen) atoms. The van der Waals surface area contributed by atoms with E-state index in [0.29, 0.717) is 4.34 Å². The van der Waals surface area contributed by atoms with E-state index in [0.717, 1.165) is 15.0 Å². The van der Waals surface area contributed by atoms with E-state index in [1.54, 1.807) is 6.07 Å². The molecule has 0 saturated carbocycles. The Balaban J connectivity index is 2.88. The van der Waals surface area contributed by atoms with Crippen LogP contribution >= 0.6 is 35.6 Å². The number of thiophene rings is 1. The number of hydrogen-bond acceptors (Lipinski definition) is 3. The summed E-state index contributed by atoms with van der Waals surface area (Å²) in [7, 11) is 0. The van der Waals surface area contributed by atoms with Crippen molar-refractivity contribution < 1.29 is 5.11 Å². The van der Waals surface area contributed by atoms with Crippen molar-refractivity contribution in [1.29, 1.82) is 0 Å². The number of aromatic hydroxyl groups is 1. The summed E-state index contributed by atoms with van der Waals surface area (Å²) in [6.45, 7) is 0. The maximum absolute atomic E-state index is 9.47. The summed E-state index contributed by atoms with van der Waals surface area (Å²) in [5.74, 6) is 0.160. The van der Waals surface area contributed by atoms with E-state index >= 15 is 0 Å². The van der Waals surface area contributed by atoms with Gasteiger partial charge in [-0.1, -0.05) is 11.6 Å². The molecule has 2 aromatic rings. The van der Waals surface area contributed by atoms with Crippen molar-refractivity contribution in [2.24, 2.45) is 0 Å². The zero-order valence-electron chi connectivity index (χ0n) is 5.91. The van der Waals surface area contributed by atoms with E-state index in [2.05, 4.69) is 12.6 Å². The van der Waals surface area contributed by atoms with Gasteiger partial charge in [0.05, 0.1) is 0 Å². The lowest BCUT2D eigenvalue weighted by Gasteiger charge is -1.91. The van der Waals surface area contributed by atoms with E-state index in [1.807, 2.05) is 12.1 Å². The van der Waals surface area contributed by atoms with Gasteiger partial charge in [0.2, 0.25) is 0 Å². The van der Waals surface area contributed by atoms with Gasteiger partial charge in [0.15, 0.2) is 5.75 Å². The first kappa shape index (κ1) is 8.23. The van der Waals surface area contributed by atoms with Crippen LogP contribution in [0.5, 0.6) is 5.75 Å². The normalized spacial score (nSPS) is 10.8. The van der Waals surface area contributed by atoms with Gasteiger partial charge in [0.1, 0.15) is 4.34 Å². The third-order valence-corrected chi connectivity index (χ3v) is 3.24. The maximum Gasteiger partial charge on any atom is 0.152 e. The molecule has 1 N–H and O–H groups in total. The third-order valence-electron chi connectivity index (χ3n) is 1.60. The highest BCUT2D eigenvalue weighted by molar-refractivity contribution is 7.80. The molecule has 1 aromatic carbocycles. The van der Waals surface area contributed by atoms with E-state index in [4.69, 9.17) is 11.6 Å². The van der Waals surface area contributed by atoms with Crippen LogP contribution in [-0.2, 0) is 0 Å². The molecule has 0 atom stereocenters. The second kappa shape index (κ2) is 2.83. The minimum Gasteiger partial charge on any atom is -0.505 e. The molecule has 0 unspecified atom stereocenters. The first-order chi connectivity index (χ1) is 5.68. The molecule has 1 aromatic heterocycles. The van der Waals surface area contributed by atoms with Crippen molar-refractivity contribution >= 4 is 45.7 Å². The van der Waals surface area contributed by atoms with Crippen LogP contribution in [0.15, 0.2) is 23.1 Å². The number of thiol groups is 1. The number of benzene rings is 1. The largest absolute Gasteiger partial charge is 0.505 e. The quantitative estimate of drug-likeness (QED) is 0.646. The van der Waals surface area contributed by atoms with Gasteiger partial charge >= 0.3 is 0 Å². The van der Waals surface area contributed by atoms with E-state index in [1.165, 1.54) is 11.3 Å². The van der Waals surface area contributed by atoms with E-state index in [9.17, 15) is 5.11 Å². The molecule has 0 radical (unpaired) electrons. The van der Waals surface area contributed by atoms with Gasteiger partial charge < -0.3 is 5.11 Å². The number of hydrogen-bond donors (Lipinski definition) is 2. The average Bonchev–Trinajstić information content (AvgIpc) is 2.31. The molecule has 0 amide bonds. The van der Waals surface area contributed by atoms with Crippen LogP contribution < -0.4 is 0 Å². The molecule has 0 aliphatic heterocycles. The standard InChI is InChI=1S/C8H5ClOS2/c9-8-7(10)5-3-4(11)1-2-6(5)12-8/h1-3,10-11H. The molecule has 0 spiro atoms. The SMILES string of the molecule is Oc1c(Cl)sc2ccc(S)cc12. The zero-order valence-corrected chi connectivity index (χ0v) is 8.38. The van der Waals surface area contributed by atoms with Crippen molar-refractivity contribution in [3.63, 3.8) is 0 Å². The Kier molecular flexibility index (Phi) is 1.94. The van der Waals surface area contributed by atoms with Crippen LogP contribution in [0.25, 0.3) is 10.1 Å². The molecule has 0 aliphatic rings. The van der Waals surface area contributed by atoms with Crippen LogP contribution in [0, 0.1) is 0 Å². The van der Waals surface area contributed by atoms with Gasteiger partial charge in [-0.3, -0.25) is 0 Å². The molecule has 62 valence electrons. The highest BCUT2D eigenvalue weighted by Crippen LogP contribution is 2.40. The number of halogens is 1. The summed E-state index contributed by atoms with van der Waals surface area (Å²) < 4.78 is 1.42. The van der Waals surface area contributed by atoms with Crippen molar-refractivity contribution in [3.8, 4) is 5.75 Å². The van der Waals surface area contributed by atoms with Gasteiger partial charge in [-0.05, 0) is 18.2 Å². The fourth-order valence-electron chi connectivity index (χ4n) is 1.04. The molecular formula is C8H5ClOS2. The average molecular weight is 217 g/mol. The summed E-state index contributed by atoms with van der Waals surface area (Å²) >= 11 is 11.3. The Morgan fingerprint density at radius 1 is 1.42 bits per heavy atom. The topological polar surface area (TPSA) is 20.2 Å². The Hall–Kier alpha value is -0.380. The predicted molar refractivity (Wildman–Crippen MR) is 55.8 cm³/mol. The molecule has 0 saturated heterocycles. The first-order valence-electron chi connectivity index (χ1n) is 3.28. The second-order valence-electron chi connectivity index (χ2n) is 2.40. The van der Waals surface area contributed by atoms with Gasteiger partial charge in [-0.25, -0.2) is 0 Å². The summed E-state index contributed by atoms with van der Waals surface area (Å²) in [6.07, 6.45) is 0. The van der Waals surface area contributed by atoms with Crippen molar-refractivity contribution in [1.82, 2.24) is 0 Å². The van der Waals surface area contributed by atoms with Crippen molar-refractivity contribution in [2.45, 2.75) is 4.90 Å². The molecule has 2 rings (SSSR count). The fourth-order valence-corrected chi connectivity index (χ4v) is 2.40. The third kappa shape index (κ3) is 1.18. The van der Waals surface area contributed by atoms with E-state index < -0.39 is 0 Å². The Morgan fingerprint density at radius 3 is 2.92 bits per heavy atom. The van der Waals surface area contributed by atoms with Gasteiger partial charge in [0.25, 0.3) is 0 Å². The molecule has 0 aliphatic carbocycles. The minimum absolute atomic E-state index is 0.160. The second-order valence-corrected chi connectivity index (χ2v) is 4.58. The molecule has 0 fully saturated rings. The maximum atomic E-state index is 9.47. The lowest BCUT2D eigenvalue weighted by atomic mass is 10.2. The van der Waals surface area contributed by atoms with Crippen LogP contribution in [-0.4, -0.2) is 5.11 Å². The van der Waals surface area contributed by atoms with E-state index in [-0.39, 0.29) is 5.75 Å². The van der Waals surface area contributed by atoms with Crippen LogP contribution in [0.3, 0.4) is 0 Å². The molecule has 1 nitrogen and oxygen atoms in total. The van der Waals surface area contributed by atoms with Crippen LogP contribution in [0.4, 0.5) is 0 Å². The lowest BCUT2D eigenvalue weighted by Crippen LogP contribution is -1.65. The highest BCUT2D eigenvalue weighted by atomic mass is 35.5. The summed E-state index contributed by atoms with van der Waals surface area (Å²) in [6, 6.07) is 5.57. The number of rotatable bonds is 0. The van der Waals surface area contributed by atoms with Crippen LogP contribution in [0.1, 0.15) is 0 Å². The molecule has 4 heteroatoms.